The summed E-state index contributed by atoms with van der Waals surface area (Å²) in [6.07, 6.45) is 0.841. The number of amides is 1. The molecular formula is C30H22F2N2O8S. The highest BCUT2D eigenvalue weighted by Gasteiger charge is 2.37. The number of nitrogens with zero attached hydrogens (tertiary/aromatic N) is 1. The van der Waals surface area contributed by atoms with Gasteiger partial charge in [0.05, 0.1) is 21.3 Å². The van der Waals surface area contributed by atoms with Crippen molar-refractivity contribution in [3.63, 3.8) is 0 Å². The van der Waals surface area contributed by atoms with Gasteiger partial charge in [-0.25, -0.2) is 31.8 Å². The zero-order valence-electron chi connectivity index (χ0n) is 22.0. The Morgan fingerprint density at radius 2 is 1.65 bits per heavy atom. The standard InChI is InChI=1S/C30H22F2N2O8S/c31-18-7-12-24(23(32)14-18)42-27(16-4-8-19(9-5-16)43(40,41)20-10-11-20)28(35)34-25-13-6-17(15-33-25)21-2-1-3-22(29(36)37)26(21)30(38)39/h1-9,12-15,20,27H,10-11H2,(H,36,37)(H,38,39)(H,33,34,35). The maximum atomic E-state index is 14.4. The molecule has 1 unspecified atom stereocenters. The minimum atomic E-state index is -3.51. The number of rotatable bonds is 10. The van der Waals surface area contributed by atoms with Gasteiger partial charge < -0.3 is 20.3 Å². The van der Waals surface area contributed by atoms with Gasteiger partial charge >= 0.3 is 11.9 Å². The second-order valence-corrected chi connectivity index (χ2v) is 11.9. The van der Waals surface area contributed by atoms with Crippen LogP contribution in [0, 0.1) is 11.6 Å². The van der Waals surface area contributed by atoms with Gasteiger partial charge in [0.1, 0.15) is 11.6 Å². The molecule has 220 valence electrons. The number of anilines is 1. The van der Waals surface area contributed by atoms with Crippen LogP contribution < -0.4 is 10.1 Å². The Morgan fingerprint density at radius 1 is 0.930 bits per heavy atom. The van der Waals surface area contributed by atoms with E-state index in [2.05, 4.69) is 10.3 Å². The van der Waals surface area contributed by atoms with Crippen molar-refractivity contribution in [3.8, 4) is 16.9 Å². The van der Waals surface area contributed by atoms with Crippen LogP contribution in [0.1, 0.15) is 45.2 Å². The van der Waals surface area contributed by atoms with Gasteiger partial charge in [0.25, 0.3) is 5.91 Å². The third-order valence-electron chi connectivity index (χ3n) is 6.69. The lowest BCUT2D eigenvalue weighted by molar-refractivity contribution is -0.123. The van der Waals surface area contributed by atoms with Gasteiger partial charge in [-0.1, -0.05) is 24.3 Å². The van der Waals surface area contributed by atoms with Crippen LogP contribution in [0.15, 0.2) is 83.9 Å². The van der Waals surface area contributed by atoms with Crippen LogP contribution in [0.25, 0.3) is 11.1 Å². The van der Waals surface area contributed by atoms with E-state index in [4.69, 9.17) is 4.74 Å². The number of hydrogen-bond donors (Lipinski definition) is 3. The number of hydrogen-bond acceptors (Lipinski definition) is 7. The lowest BCUT2D eigenvalue weighted by Crippen LogP contribution is -2.26. The van der Waals surface area contributed by atoms with Crippen molar-refractivity contribution in [2.75, 3.05) is 5.32 Å². The molecular weight excluding hydrogens is 586 g/mol. The molecule has 3 N–H and O–H groups in total. The fourth-order valence-corrected chi connectivity index (χ4v) is 6.05. The van der Waals surface area contributed by atoms with E-state index < -0.39 is 67.5 Å². The maximum absolute atomic E-state index is 14.4. The lowest BCUT2D eigenvalue weighted by atomic mass is 9.96. The summed E-state index contributed by atoms with van der Waals surface area (Å²) in [5.74, 6) is -6.07. The van der Waals surface area contributed by atoms with Gasteiger partial charge in [-0.3, -0.25) is 4.79 Å². The van der Waals surface area contributed by atoms with Crippen LogP contribution in [0.2, 0.25) is 0 Å². The van der Waals surface area contributed by atoms with Gasteiger partial charge in [-0.15, -0.1) is 0 Å². The van der Waals surface area contributed by atoms with E-state index >= 15 is 0 Å². The minimum absolute atomic E-state index is 0.0128. The van der Waals surface area contributed by atoms with Crippen molar-refractivity contribution in [2.45, 2.75) is 29.1 Å². The maximum Gasteiger partial charge on any atom is 0.337 e. The fraction of sp³-hybridized carbons (Fsp3) is 0.133. The molecule has 1 heterocycles. The SMILES string of the molecule is O=C(O)c1cccc(-c2ccc(NC(=O)C(Oc3ccc(F)cc3F)c3ccc(S(=O)(=O)C4CC4)cc3)nc2)c1C(=O)O. The van der Waals surface area contributed by atoms with Gasteiger partial charge in [0, 0.05) is 23.4 Å². The predicted octanol–water partition coefficient (Wildman–Crippen LogP) is 5.12. The molecule has 1 fully saturated rings. The fourth-order valence-electron chi connectivity index (χ4n) is 4.39. The smallest absolute Gasteiger partial charge is 0.337 e. The molecule has 3 aromatic carbocycles. The first kappa shape index (κ1) is 29.3. The number of aromatic carboxylic acids is 2. The molecule has 4 aromatic rings. The molecule has 0 bridgehead atoms. The molecule has 1 atom stereocenters. The molecule has 1 aliphatic rings. The number of ether oxygens (including phenoxy) is 1. The summed E-state index contributed by atoms with van der Waals surface area (Å²) in [6.45, 7) is 0. The third kappa shape index (κ3) is 6.21. The zero-order chi connectivity index (χ0) is 30.9. The number of pyridine rings is 1. The van der Waals surface area contributed by atoms with E-state index in [-0.39, 0.29) is 27.4 Å². The Bertz CT molecular complexity index is 1840. The molecule has 1 aromatic heterocycles. The first-order valence-electron chi connectivity index (χ1n) is 12.8. The summed E-state index contributed by atoms with van der Waals surface area (Å²) in [5, 5.41) is 21.1. The summed E-state index contributed by atoms with van der Waals surface area (Å²) in [4.78, 5) is 40.9. The summed E-state index contributed by atoms with van der Waals surface area (Å²) in [6, 6.07) is 14.6. The minimum Gasteiger partial charge on any atom is -0.478 e. The molecule has 1 aliphatic carbocycles. The second kappa shape index (κ2) is 11.6. The number of sulfone groups is 1. The summed E-state index contributed by atoms with van der Waals surface area (Å²) in [7, 11) is -3.51. The zero-order valence-corrected chi connectivity index (χ0v) is 22.8. The molecule has 0 radical (unpaired) electrons. The van der Waals surface area contributed by atoms with Gasteiger partial charge in [0.2, 0.25) is 6.10 Å². The van der Waals surface area contributed by atoms with E-state index in [1.807, 2.05) is 0 Å². The number of carbonyl (C=O) groups excluding carboxylic acids is 1. The van der Waals surface area contributed by atoms with Crippen molar-refractivity contribution in [1.82, 2.24) is 4.98 Å². The number of benzene rings is 3. The first-order chi connectivity index (χ1) is 20.5. The quantitative estimate of drug-likeness (QED) is 0.222. The number of halogens is 2. The van der Waals surface area contributed by atoms with Gasteiger partial charge in [0.15, 0.2) is 21.4 Å². The van der Waals surface area contributed by atoms with Crippen LogP contribution in [-0.4, -0.2) is 46.7 Å². The Morgan fingerprint density at radius 3 is 2.23 bits per heavy atom. The predicted molar refractivity (Wildman–Crippen MR) is 149 cm³/mol. The van der Waals surface area contributed by atoms with E-state index in [0.29, 0.717) is 18.9 Å². The second-order valence-electron chi connectivity index (χ2n) is 9.65. The highest BCUT2D eigenvalue weighted by molar-refractivity contribution is 7.92. The van der Waals surface area contributed by atoms with Crippen LogP contribution in [0.4, 0.5) is 14.6 Å². The summed E-state index contributed by atoms with van der Waals surface area (Å²) >= 11 is 0. The summed E-state index contributed by atoms with van der Waals surface area (Å²) < 4.78 is 58.7. The van der Waals surface area contributed by atoms with Crippen molar-refractivity contribution >= 4 is 33.5 Å². The normalized spacial score (nSPS) is 13.6. The molecule has 0 spiro atoms. The number of carboxylic acids is 2. The van der Waals surface area contributed by atoms with Crippen LogP contribution in [0.3, 0.4) is 0 Å². The number of carboxylic acid groups (broad SMARTS) is 2. The Balaban J connectivity index is 1.43. The van der Waals surface area contributed by atoms with Crippen LogP contribution in [-0.2, 0) is 14.6 Å². The number of aromatic nitrogens is 1. The lowest BCUT2D eigenvalue weighted by Gasteiger charge is -2.20. The van der Waals surface area contributed by atoms with Crippen molar-refractivity contribution in [2.24, 2.45) is 0 Å². The largest absolute Gasteiger partial charge is 0.478 e. The average Bonchev–Trinajstić information content (AvgIpc) is 3.83. The number of nitrogens with one attached hydrogen (secondary N) is 1. The average molecular weight is 609 g/mol. The van der Waals surface area contributed by atoms with E-state index in [1.165, 1.54) is 54.7 Å². The molecule has 0 saturated heterocycles. The molecule has 1 saturated carbocycles. The van der Waals surface area contributed by atoms with Gasteiger partial charge in [-0.05, 0) is 60.9 Å². The topological polar surface area (TPSA) is 160 Å². The van der Waals surface area contributed by atoms with Crippen molar-refractivity contribution in [3.05, 3.63) is 107 Å². The van der Waals surface area contributed by atoms with E-state index in [0.717, 1.165) is 18.2 Å². The van der Waals surface area contributed by atoms with Gasteiger partial charge in [-0.2, -0.15) is 0 Å². The highest BCUT2D eigenvalue weighted by Crippen LogP contribution is 2.34. The molecule has 1 amide bonds. The molecule has 0 aliphatic heterocycles. The molecule has 13 heteroatoms. The van der Waals surface area contributed by atoms with E-state index in [9.17, 15) is 41.8 Å². The third-order valence-corrected chi connectivity index (χ3v) is 8.96. The van der Waals surface area contributed by atoms with Crippen LogP contribution >= 0.6 is 0 Å². The van der Waals surface area contributed by atoms with Crippen LogP contribution in [0.5, 0.6) is 5.75 Å². The monoisotopic (exact) mass is 608 g/mol. The Kier molecular flexibility index (Phi) is 7.91. The molecule has 43 heavy (non-hydrogen) atoms. The Labute approximate surface area is 243 Å². The van der Waals surface area contributed by atoms with Crippen molar-refractivity contribution < 1.29 is 46.5 Å². The highest BCUT2D eigenvalue weighted by atomic mass is 32.2. The number of carbonyl (C=O) groups is 3. The first-order valence-corrected chi connectivity index (χ1v) is 14.3. The van der Waals surface area contributed by atoms with Crippen molar-refractivity contribution in [1.29, 1.82) is 0 Å². The summed E-state index contributed by atoms with van der Waals surface area (Å²) in [5.41, 5.74) is -0.329. The van der Waals surface area contributed by atoms with E-state index in [1.54, 1.807) is 0 Å². The molecule has 5 rings (SSSR count). The molecule has 10 nitrogen and oxygen atoms in total. The Hall–Kier alpha value is -5.17.